The average molecular weight is 564 g/mol. The number of halogens is 4. The summed E-state index contributed by atoms with van der Waals surface area (Å²) >= 11 is 0. The number of amides is 3. The summed E-state index contributed by atoms with van der Waals surface area (Å²) in [5, 5.41) is 5.92. The van der Waals surface area contributed by atoms with Gasteiger partial charge in [-0.15, -0.1) is 0 Å². The van der Waals surface area contributed by atoms with E-state index in [0.717, 1.165) is 17.7 Å². The lowest BCUT2D eigenvalue weighted by atomic mass is 9.71. The van der Waals surface area contributed by atoms with E-state index in [9.17, 15) is 27.2 Å². The summed E-state index contributed by atoms with van der Waals surface area (Å²) in [5.74, 6) is -0.582. The molecule has 0 radical (unpaired) electrons. The predicted octanol–water partition coefficient (Wildman–Crippen LogP) is 4.75. The Morgan fingerprint density at radius 2 is 1.82 bits per heavy atom. The van der Waals surface area contributed by atoms with Crippen molar-refractivity contribution in [2.24, 2.45) is 0 Å². The Labute approximate surface area is 230 Å². The summed E-state index contributed by atoms with van der Waals surface area (Å²) in [7, 11) is 0. The van der Waals surface area contributed by atoms with E-state index in [-0.39, 0.29) is 29.5 Å². The standard InChI is InChI=1S/C29H33F4N3O4/c1-27(2,18-4-3-5-19(14-18)29(31,32)33)25(37)36-11-9-28(10-12-36)23(16-34-26(38)35-28)22-7-6-20(30)15-24(22)40-21-8-13-39-17-21/h3-7,14-15,21,23H,8-13,16-17H2,1-2H3,(H2,34,35,38)/t21-,23?/m1/s1. The van der Waals surface area contributed by atoms with Crippen molar-refractivity contribution in [1.82, 2.24) is 15.5 Å². The van der Waals surface area contributed by atoms with Crippen LogP contribution in [0, 0.1) is 5.82 Å². The molecule has 3 saturated heterocycles. The first-order valence-corrected chi connectivity index (χ1v) is 13.5. The van der Waals surface area contributed by atoms with Crippen molar-refractivity contribution in [3.63, 3.8) is 0 Å². The fourth-order valence-corrected chi connectivity index (χ4v) is 6.02. The van der Waals surface area contributed by atoms with Crippen molar-refractivity contribution in [3.8, 4) is 5.75 Å². The molecule has 2 N–H and O–H groups in total. The van der Waals surface area contributed by atoms with Gasteiger partial charge >= 0.3 is 12.2 Å². The minimum Gasteiger partial charge on any atom is -0.488 e. The number of rotatable bonds is 5. The number of alkyl halides is 3. The number of piperidine rings is 1. The zero-order valence-electron chi connectivity index (χ0n) is 22.4. The van der Waals surface area contributed by atoms with E-state index in [0.29, 0.717) is 57.9 Å². The number of urea groups is 1. The number of nitrogens with zero attached hydrogens (tertiary/aromatic N) is 1. The van der Waals surface area contributed by atoms with Gasteiger partial charge in [-0.05, 0) is 44.4 Å². The summed E-state index contributed by atoms with van der Waals surface area (Å²) in [6.45, 7) is 5.13. The Morgan fingerprint density at radius 3 is 2.50 bits per heavy atom. The molecule has 3 amide bonds. The summed E-state index contributed by atoms with van der Waals surface area (Å²) in [4.78, 5) is 27.8. The van der Waals surface area contributed by atoms with Gasteiger partial charge in [0.2, 0.25) is 5.91 Å². The van der Waals surface area contributed by atoms with Crippen molar-refractivity contribution in [1.29, 1.82) is 0 Å². The van der Waals surface area contributed by atoms with Crippen LogP contribution in [0.2, 0.25) is 0 Å². The zero-order valence-corrected chi connectivity index (χ0v) is 22.4. The highest BCUT2D eigenvalue weighted by Gasteiger charge is 2.49. The van der Waals surface area contributed by atoms with Gasteiger partial charge in [0.1, 0.15) is 17.7 Å². The van der Waals surface area contributed by atoms with Crippen molar-refractivity contribution >= 4 is 11.9 Å². The summed E-state index contributed by atoms with van der Waals surface area (Å²) in [6, 6.07) is 8.94. The first-order valence-electron chi connectivity index (χ1n) is 13.5. The second kappa shape index (κ2) is 10.6. The van der Waals surface area contributed by atoms with Crippen LogP contribution in [0.5, 0.6) is 5.75 Å². The number of hydrogen-bond donors (Lipinski definition) is 2. The van der Waals surface area contributed by atoms with Crippen LogP contribution in [0.25, 0.3) is 0 Å². The summed E-state index contributed by atoms with van der Waals surface area (Å²) < 4.78 is 65.8. The number of hydrogen-bond acceptors (Lipinski definition) is 4. The number of likely N-dealkylation sites (tertiary alicyclic amines) is 1. The van der Waals surface area contributed by atoms with Gasteiger partial charge in [0.05, 0.1) is 29.7 Å². The monoisotopic (exact) mass is 563 g/mol. The van der Waals surface area contributed by atoms with Crippen LogP contribution >= 0.6 is 0 Å². The molecule has 1 unspecified atom stereocenters. The Hall–Kier alpha value is -3.34. The molecular weight excluding hydrogens is 530 g/mol. The lowest BCUT2D eigenvalue weighted by Gasteiger charge is -2.50. The molecule has 40 heavy (non-hydrogen) atoms. The van der Waals surface area contributed by atoms with Gasteiger partial charge in [0.25, 0.3) is 0 Å². The van der Waals surface area contributed by atoms with E-state index in [1.54, 1.807) is 24.8 Å². The summed E-state index contributed by atoms with van der Waals surface area (Å²) in [5.41, 5.74) is -1.68. The molecule has 3 aliphatic heterocycles. The van der Waals surface area contributed by atoms with Crippen LogP contribution in [0.4, 0.5) is 22.4 Å². The van der Waals surface area contributed by atoms with Gasteiger partial charge in [0, 0.05) is 43.6 Å². The van der Waals surface area contributed by atoms with Crippen LogP contribution in [0.15, 0.2) is 42.5 Å². The molecule has 5 rings (SSSR count). The SMILES string of the molecule is CC(C)(C(=O)N1CCC2(CC1)NC(=O)NCC2c1ccc(F)cc1O[C@@H]1CCOC1)c1cccc(C(F)(F)F)c1. The molecule has 3 fully saturated rings. The van der Waals surface area contributed by atoms with Crippen molar-refractivity contribution < 1.29 is 36.6 Å². The molecule has 11 heteroatoms. The average Bonchev–Trinajstić information content (AvgIpc) is 3.42. The lowest BCUT2D eigenvalue weighted by Crippen LogP contribution is -2.66. The molecule has 0 bridgehead atoms. The Balaban J connectivity index is 1.37. The van der Waals surface area contributed by atoms with Gasteiger partial charge < -0.3 is 25.0 Å². The van der Waals surface area contributed by atoms with Crippen molar-refractivity contribution in [2.45, 2.75) is 62.3 Å². The largest absolute Gasteiger partial charge is 0.488 e. The lowest BCUT2D eigenvalue weighted by molar-refractivity contribution is -0.140. The van der Waals surface area contributed by atoms with E-state index in [2.05, 4.69) is 10.6 Å². The molecule has 1 spiro atoms. The number of carbonyl (C=O) groups is 2. The number of carbonyl (C=O) groups excluding carboxylic acids is 2. The zero-order chi connectivity index (χ0) is 28.7. The molecule has 2 aromatic rings. The van der Waals surface area contributed by atoms with Gasteiger partial charge in [-0.25, -0.2) is 9.18 Å². The van der Waals surface area contributed by atoms with Crippen LogP contribution in [0.1, 0.15) is 55.7 Å². The maximum atomic E-state index is 14.3. The molecule has 3 heterocycles. The third-order valence-corrected chi connectivity index (χ3v) is 8.42. The predicted molar refractivity (Wildman–Crippen MR) is 139 cm³/mol. The number of nitrogens with one attached hydrogen (secondary N) is 2. The third kappa shape index (κ3) is 5.48. The molecule has 7 nitrogen and oxygen atoms in total. The minimum atomic E-state index is -4.51. The molecule has 2 aromatic carbocycles. The van der Waals surface area contributed by atoms with Crippen LogP contribution < -0.4 is 15.4 Å². The maximum Gasteiger partial charge on any atom is 0.416 e. The van der Waals surface area contributed by atoms with E-state index >= 15 is 0 Å². The van der Waals surface area contributed by atoms with Crippen LogP contribution in [0.3, 0.4) is 0 Å². The second-order valence-electron chi connectivity index (χ2n) is 11.3. The van der Waals surface area contributed by atoms with E-state index in [4.69, 9.17) is 9.47 Å². The number of benzene rings is 2. The minimum absolute atomic E-state index is 0.194. The normalized spacial score (nSPS) is 23.1. The molecular formula is C29H33F4N3O4. The van der Waals surface area contributed by atoms with E-state index in [1.165, 1.54) is 24.3 Å². The Morgan fingerprint density at radius 1 is 1.10 bits per heavy atom. The van der Waals surface area contributed by atoms with Gasteiger partial charge in [-0.1, -0.05) is 24.3 Å². The molecule has 0 aliphatic carbocycles. The van der Waals surface area contributed by atoms with Gasteiger partial charge in [-0.2, -0.15) is 13.2 Å². The Bertz CT molecular complexity index is 1270. The number of ether oxygens (including phenoxy) is 2. The molecule has 0 aromatic heterocycles. The molecule has 216 valence electrons. The van der Waals surface area contributed by atoms with E-state index < -0.39 is 28.5 Å². The van der Waals surface area contributed by atoms with Crippen LogP contribution in [-0.4, -0.2) is 61.3 Å². The highest BCUT2D eigenvalue weighted by molar-refractivity contribution is 5.87. The fraction of sp³-hybridized carbons (Fsp3) is 0.517. The highest BCUT2D eigenvalue weighted by atomic mass is 19.4. The molecule has 3 aliphatic rings. The maximum absolute atomic E-state index is 14.3. The van der Waals surface area contributed by atoms with E-state index in [1.807, 2.05) is 0 Å². The van der Waals surface area contributed by atoms with Crippen molar-refractivity contribution in [3.05, 3.63) is 65.0 Å². The van der Waals surface area contributed by atoms with Gasteiger partial charge in [0.15, 0.2) is 0 Å². The first-order chi connectivity index (χ1) is 18.9. The third-order valence-electron chi connectivity index (χ3n) is 8.42. The topological polar surface area (TPSA) is 79.9 Å². The quantitative estimate of drug-likeness (QED) is 0.515. The fourth-order valence-electron chi connectivity index (χ4n) is 6.02. The van der Waals surface area contributed by atoms with Crippen molar-refractivity contribution in [2.75, 3.05) is 32.8 Å². The molecule has 2 atom stereocenters. The summed E-state index contributed by atoms with van der Waals surface area (Å²) in [6.07, 6.45) is -3.18. The first kappa shape index (κ1) is 28.2. The van der Waals surface area contributed by atoms with Crippen LogP contribution in [-0.2, 0) is 21.1 Å². The Kier molecular flexibility index (Phi) is 7.45. The molecule has 0 saturated carbocycles. The second-order valence-corrected chi connectivity index (χ2v) is 11.3. The van der Waals surface area contributed by atoms with Gasteiger partial charge in [-0.3, -0.25) is 4.79 Å². The highest BCUT2D eigenvalue weighted by Crippen LogP contribution is 2.43. The smallest absolute Gasteiger partial charge is 0.416 e.